The molecule has 140 valence electrons. The van der Waals surface area contributed by atoms with Gasteiger partial charge >= 0.3 is 0 Å². The molecule has 1 amide bonds. The molecule has 5 heteroatoms. The van der Waals surface area contributed by atoms with Gasteiger partial charge in [-0.15, -0.1) is 0 Å². The Hall–Kier alpha value is -1.59. The number of likely N-dealkylation sites (tertiary alicyclic amines) is 1. The second-order valence-electron chi connectivity index (χ2n) is 8.16. The van der Waals surface area contributed by atoms with E-state index in [2.05, 4.69) is 37.9 Å². The zero-order valence-electron chi connectivity index (χ0n) is 16.2. The lowest BCUT2D eigenvalue weighted by molar-refractivity contribution is -0.124. The standard InChI is InChI=1S/C20H33N3O2/c1-14(2)19(15-6-8-16(25-5)9-7-15)22-18(24)12-23-11-10-17(21)20(3,4)13-23/h6-9,14,17,19H,10-13,21H2,1-5H3,(H,22,24). The molecular formula is C20H33N3O2. The molecule has 0 spiro atoms. The normalized spacial score (nSPS) is 21.8. The summed E-state index contributed by atoms with van der Waals surface area (Å²) in [6.07, 6.45) is 0.937. The van der Waals surface area contributed by atoms with Crippen LogP contribution < -0.4 is 15.8 Å². The number of nitrogens with one attached hydrogen (secondary N) is 1. The van der Waals surface area contributed by atoms with E-state index in [1.54, 1.807) is 7.11 Å². The molecule has 2 rings (SSSR count). The van der Waals surface area contributed by atoms with Gasteiger partial charge in [0.05, 0.1) is 19.7 Å². The third-order valence-electron chi connectivity index (χ3n) is 5.22. The number of amides is 1. The largest absolute Gasteiger partial charge is 0.497 e. The number of nitrogens with two attached hydrogens (primary N) is 1. The summed E-state index contributed by atoms with van der Waals surface area (Å²) in [5.74, 6) is 1.20. The summed E-state index contributed by atoms with van der Waals surface area (Å²) in [4.78, 5) is 14.8. The first kappa shape index (κ1) is 19.7. The van der Waals surface area contributed by atoms with Crippen LogP contribution in [0.3, 0.4) is 0 Å². The first-order valence-electron chi connectivity index (χ1n) is 9.14. The average Bonchev–Trinajstić information content (AvgIpc) is 2.55. The van der Waals surface area contributed by atoms with Crippen LogP contribution in [0.25, 0.3) is 0 Å². The monoisotopic (exact) mass is 347 g/mol. The number of hydrogen-bond acceptors (Lipinski definition) is 4. The first-order valence-corrected chi connectivity index (χ1v) is 9.14. The fraction of sp³-hybridized carbons (Fsp3) is 0.650. The van der Waals surface area contributed by atoms with Crippen molar-refractivity contribution < 1.29 is 9.53 Å². The summed E-state index contributed by atoms with van der Waals surface area (Å²) in [6, 6.07) is 8.11. The number of benzene rings is 1. The maximum atomic E-state index is 12.6. The Morgan fingerprint density at radius 2 is 2.00 bits per heavy atom. The number of nitrogens with zero attached hydrogens (tertiary/aromatic N) is 1. The van der Waals surface area contributed by atoms with Gasteiger partial charge in [-0.05, 0) is 35.4 Å². The predicted octanol–water partition coefficient (Wildman–Crippen LogP) is 2.57. The van der Waals surface area contributed by atoms with Crippen molar-refractivity contribution in [1.82, 2.24) is 10.2 Å². The maximum Gasteiger partial charge on any atom is 0.234 e. The summed E-state index contributed by atoms with van der Waals surface area (Å²) >= 11 is 0. The molecular weight excluding hydrogens is 314 g/mol. The van der Waals surface area contributed by atoms with Gasteiger partial charge in [0.15, 0.2) is 0 Å². The van der Waals surface area contributed by atoms with Gasteiger partial charge in [-0.3, -0.25) is 9.69 Å². The minimum atomic E-state index is -0.00142. The van der Waals surface area contributed by atoms with Crippen molar-refractivity contribution >= 4 is 5.91 Å². The molecule has 3 N–H and O–H groups in total. The van der Waals surface area contributed by atoms with E-state index in [0.717, 1.165) is 30.8 Å². The fourth-order valence-corrected chi connectivity index (χ4v) is 3.49. The first-order chi connectivity index (χ1) is 11.7. The minimum absolute atomic E-state index is 0.00142. The van der Waals surface area contributed by atoms with E-state index in [9.17, 15) is 4.79 Å². The lowest BCUT2D eigenvalue weighted by Crippen LogP contribution is -2.54. The molecule has 0 aromatic heterocycles. The van der Waals surface area contributed by atoms with Crippen LogP contribution >= 0.6 is 0 Å². The van der Waals surface area contributed by atoms with Crippen LogP contribution in [-0.4, -0.2) is 43.6 Å². The second kappa shape index (κ2) is 8.19. The molecule has 5 nitrogen and oxygen atoms in total. The molecule has 0 saturated carbocycles. The lowest BCUT2D eigenvalue weighted by Gasteiger charge is -2.42. The van der Waals surface area contributed by atoms with Gasteiger partial charge in [-0.1, -0.05) is 39.8 Å². The van der Waals surface area contributed by atoms with Gasteiger partial charge < -0.3 is 15.8 Å². The molecule has 2 unspecified atom stereocenters. The van der Waals surface area contributed by atoms with Crippen molar-refractivity contribution in [3.05, 3.63) is 29.8 Å². The van der Waals surface area contributed by atoms with Crippen LogP contribution in [0.5, 0.6) is 5.75 Å². The van der Waals surface area contributed by atoms with E-state index >= 15 is 0 Å². The molecule has 1 fully saturated rings. The average molecular weight is 348 g/mol. The third kappa shape index (κ3) is 5.19. The summed E-state index contributed by atoms with van der Waals surface area (Å²) in [5, 5.41) is 3.20. The maximum absolute atomic E-state index is 12.6. The van der Waals surface area contributed by atoms with Gasteiger partial charge in [0.25, 0.3) is 0 Å². The van der Waals surface area contributed by atoms with E-state index in [-0.39, 0.29) is 23.4 Å². The number of ether oxygens (including phenoxy) is 1. The topological polar surface area (TPSA) is 67.6 Å². The number of piperidine rings is 1. The van der Waals surface area contributed by atoms with E-state index in [1.807, 2.05) is 24.3 Å². The van der Waals surface area contributed by atoms with Gasteiger partial charge in [0.1, 0.15) is 5.75 Å². The van der Waals surface area contributed by atoms with Crippen LogP contribution in [0.1, 0.15) is 45.7 Å². The molecule has 0 radical (unpaired) electrons. The number of rotatable bonds is 6. The lowest BCUT2D eigenvalue weighted by atomic mass is 9.80. The molecule has 1 aromatic rings. The van der Waals surface area contributed by atoms with Gasteiger partial charge in [-0.2, -0.15) is 0 Å². The molecule has 2 atom stereocenters. The quantitative estimate of drug-likeness (QED) is 0.830. The molecule has 1 aliphatic heterocycles. The van der Waals surface area contributed by atoms with Crippen LogP contribution in [0.15, 0.2) is 24.3 Å². The number of hydrogen-bond donors (Lipinski definition) is 2. The Morgan fingerprint density at radius 1 is 1.36 bits per heavy atom. The zero-order valence-corrected chi connectivity index (χ0v) is 16.2. The predicted molar refractivity (Wildman–Crippen MR) is 102 cm³/mol. The Morgan fingerprint density at radius 3 is 2.52 bits per heavy atom. The van der Waals surface area contributed by atoms with Crippen LogP contribution in [-0.2, 0) is 4.79 Å². The minimum Gasteiger partial charge on any atom is -0.497 e. The van der Waals surface area contributed by atoms with E-state index in [1.165, 1.54) is 0 Å². The Bertz CT molecular complexity index is 569. The second-order valence-corrected chi connectivity index (χ2v) is 8.16. The smallest absolute Gasteiger partial charge is 0.234 e. The van der Waals surface area contributed by atoms with Crippen molar-refractivity contribution in [3.63, 3.8) is 0 Å². The molecule has 0 bridgehead atoms. The van der Waals surface area contributed by atoms with Crippen molar-refractivity contribution in [2.24, 2.45) is 17.1 Å². The molecule has 1 heterocycles. The highest BCUT2D eigenvalue weighted by molar-refractivity contribution is 5.78. The van der Waals surface area contributed by atoms with Crippen LogP contribution in [0, 0.1) is 11.3 Å². The molecule has 25 heavy (non-hydrogen) atoms. The van der Waals surface area contributed by atoms with Crippen molar-refractivity contribution in [3.8, 4) is 5.75 Å². The Kier molecular flexibility index (Phi) is 6.47. The van der Waals surface area contributed by atoms with Gasteiger partial charge in [0, 0.05) is 19.1 Å². The van der Waals surface area contributed by atoms with Crippen LogP contribution in [0.4, 0.5) is 0 Å². The summed E-state index contributed by atoms with van der Waals surface area (Å²) in [6.45, 7) is 10.8. The summed E-state index contributed by atoms with van der Waals surface area (Å²) in [5.41, 5.74) is 7.34. The van der Waals surface area contributed by atoms with E-state index in [0.29, 0.717) is 12.5 Å². The van der Waals surface area contributed by atoms with Crippen LogP contribution in [0.2, 0.25) is 0 Å². The molecule has 0 aliphatic carbocycles. The summed E-state index contributed by atoms with van der Waals surface area (Å²) in [7, 11) is 1.66. The fourth-order valence-electron chi connectivity index (χ4n) is 3.49. The Balaban J connectivity index is 1.98. The van der Waals surface area contributed by atoms with Gasteiger partial charge in [0.2, 0.25) is 5.91 Å². The van der Waals surface area contributed by atoms with Crippen molar-refractivity contribution in [1.29, 1.82) is 0 Å². The van der Waals surface area contributed by atoms with E-state index in [4.69, 9.17) is 10.5 Å². The SMILES string of the molecule is COc1ccc(C(NC(=O)CN2CCC(N)C(C)(C)C2)C(C)C)cc1. The molecule has 1 aromatic carbocycles. The Labute approximate surface area is 151 Å². The third-order valence-corrected chi connectivity index (χ3v) is 5.22. The van der Waals surface area contributed by atoms with Crippen molar-refractivity contribution in [2.45, 2.75) is 46.2 Å². The van der Waals surface area contributed by atoms with Crippen molar-refractivity contribution in [2.75, 3.05) is 26.7 Å². The number of carbonyl (C=O) groups is 1. The molecule has 1 saturated heterocycles. The number of carbonyl (C=O) groups excluding carboxylic acids is 1. The van der Waals surface area contributed by atoms with Gasteiger partial charge in [-0.25, -0.2) is 0 Å². The number of methoxy groups -OCH3 is 1. The van der Waals surface area contributed by atoms with E-state index < -0.39 is 0 Å². The zero-order chi connectivity index (χ0) is 18.6. The highest BCUT2D eigenvalue weighted by atomic mass is 16.5. The highest BCUT2D eigenvalue weighted by Gasteiger charge is 2.34. The summed E-state index contributed by atoms with van der Waals surface area (Å²) < 4.78 is 5.21. The highest BCUT2D eigenvalue weighted by Crippen LogP contribution is 2.28. The molecule has 1 aliphatic rings.